The number of alkyl halides is 3. The van der Waals surface area contributed by atoms with Crippen LogP contribution in [0.3, 0.4) is 0 Å². The van der Waals surface area contributed by atoms with E-state index in [-0.39, 0.29) is 23.6 Å². The molecule has 32 heavy (non-hydrogen) atoms. The standard InChI is InChI=1S/C24H20ClF3N2O2/c25-18-8-6-17(7-9-18)15-32-19-10-11-20(22(31)12-19)21-13-23(24(26,27)28)30(29-21)14-16-4-2-1-3-5-16/h1-6,8,10-13,31H,7,9,14-15H2. The van der Waals surface area contributed by atoms with Gasteiger partial charge in [0.15, 0.2) is 0 Å². The summed E-state index contributed by atoms with van der Waals surface area (Å²) < 4.78 is 47.4. The Bertz CT molecular complexity index is 1170. The highest BCUT2D eigenvalue weighted by molar-refractivity contribution is 6.29. The molecule has 1 aliphatic rings. The molecule has 1 aromatic heterocycles. The minimum Gasteiger partial charge on any atom is -0.507 e. The van der Waals surface area contributed by atoms with Gasteiger partial charge in [-0.25, -0.2) is 0 Å². The van der Waals surface area contributed by atoms with E-state index in [2.05, 4.69) is 5.10 Å². The lowest BCUT2D eigenvalue weighted by atomic mass is 10.1. The van der Waals surface area contributed by atoms with E-state index >= 15 is 0 Å². The number of rotatable bonds is 6. The molecule has 0 saturated carbocycles. The van der Waals surface area contributed by atoms with E-state index < -0.39 is 11.9 Å². The minimum absolute atomic E-state index is 0.0343. The molecule has 1 heterocycles. The molecule has 8 heteroatoms. The predicted octanol–water partition coefficient (Wildman–Crippen LogP) is 6.54. The smallest absolute Gasteiger partial charge is 0.433 e. The number of benzene rings is 2. The third-order valence-corrected chi connectivity index (χ3v) is 5.41. The normalized spacial score (nSPS) is 14.1. The minimum atomic E-state index is -4.58. The summed E-state index contributed by atoms with van der Waals surface area (Å²) in [7, 11) is 0. The number of allylic oxidation sites excluding steroid dienone is 3. The van der Waals surface area contributed by atoms with Crippen LogP contribution in [0.5, 0.6) is 11.5 Å². The monoisotopic (exact) mass is 460 g/mol. The molecule has 4 rings (SSSR count). The van der Waals surface area contributed by atoms with Crippen LogP contribution < -0.4 is 4.74 Å². The average Bonchev–Trinajstić information content (AvgIpc) is 3.18. The van der Waals surface area contributed by atoms with Crippen LogP contribution >= 0.6 is 11.6 Å². The van der Waals surface area contributed by atoms with Gasteiger partial charge in [0.25, 0.3) is 0 Å². The van der Waals surface area contributed by atoms with E-state index in [4.69, 9.17) is 16.3 Å². The molecule has 0 bridgehead atoms. The van der Waals surface area contributed by atoms with Crippen molar-refractivity contribution in [1.29, 1.82) is 0 Å². The number of hydrogen-bond acceptors (Lipinski definition) is 3. The first-order chi connectivity index (χ1) is 15.3. The number of hydrogen-bond donors (Lipinski definition) is 1. The fourth-order valence-corrected chi connectivity index (χ4v) is 3.58. The maximum absolute atomic E-state index is 13.6. The van der Waals surface area contributed by atoms with Gasteiger partial charge in [-0.2, -0.15) is 18.3 Å². The van der Waals surface area contributed by atoms with Crippen molar-refractivity contribution in [2.24, 2.45) is 0 Å². The summed E-state index contributed by atoms with van der Waals surface area (Å²) in [4.78, 5) is 0. The van der Waals surface area contributed by atoms with Crippen molar-refractivity contribution in [2.75, 3.05) is 6.61 Å². The van der Waals surface area contributed by atoms with Crippen molar-refractivity contribution in [3.8, 4) is 22.8 Å². The van der Waals surface area contributed by atoms with Gasteiger partial charge in [-0.1, -0.05) is 48.0 Å². The van der Waals surface area contributed by atoms with Crippen LogP contribution in [-0.2, 0) is 12.7 Å². The topological polar surface area (TPSA) is 47.3 Å². The van der Waals surface area contributed by atoms with Crippen molar-refractivity contribution in [3.63, 3.8) is 0 Å². The summed E-state index contributed by atoms with van der Waals surface area (Å²) >= 11 is 5.95. The molecule has 0 radical (unpaired) electrons. The molecule has 0 fully saturated rings. The zero-order valence-corrected chi connectivity index (χ0v) is 17.7. The molecular weight excluding hydrogens is 441 g/mol. The van der Waals surface area contributed by atoms with Crippen LogP contribution in [0.25, 0.3) is 11.3 Å². The Morgan fingerprint density at radius 2 is 1.81 bits per heavy atom. The van der Waals surface area contributed by atoms with Crippen LogP contribution in [0.15, 0.2) is 77.4 Å². The van der Waals surface area contributed by atoms with E-state index in [9.17, 15) is 18.3 Å². The van der Waals surface area contributed by atoms with E-state index in [1.165, 1.54) is 12.1 Å². The lowest BCUT2D eigenvalue weighted by molar-refractivity contribution is -0.144. The molecule has 1 aliphatic carbocycles. The number of aromatic nitrogens is 2. The Morgan fingerprint density at radius 1 is 1.03 bits per heavy atom. The fraction of sp³-hybridized carbons (Fsp3) is 0.208. The maximum Gasteiger partial charge on any atom is 0.433 e. The van der Waals surface area contributed by atoms with Gasteiger partial charge in [-0.15, -0.1) is 0 Å². The fourth-order valence-electron chi connectivity index (χ4n) is 3.42. The summed E-state index contributed by atoms with van der Waals surface area (Å²) in [5, 5.41) is 15.4. The largest absolute Gasteiger partial charge is 0.507 e. The Kier molecular flexibility index (Phi) is 6.28. The first-order valence-electron chi connectivity index (χ1n) is 9.99. The van der Waals surface area contributed by atoms with Crippen LogP contribution in [-0.4, -0.2) is 21.5 Å². The Hall–Kier alpha value is -3.19. The van der Waals surface area contributed by atoms with Crippen LogP contribution in [0.1, 0.15) is 24.1 Å². The van der Waals surface area contributed by atoms with E-state index in [1.807, 2.05) is 12.2 Å². The molecular formula is C24H20ClF3N2O2. The second-order valence-corrected chi connectivity index (χ2v) is 7.95. The first-order valence-corrected chi connectivity index (χ1v) is 10.4. The molecule has 4 nitrogen and oxygen atoms in total. The summed E-state index contributed by atoms with van der Waals surface area (Å²) in [5.41, 5.74) is 1.10. The van der Waals surface area contributed by atoms with E-state index in [0.29, 0.717) is 17.9 Å². The summed E-state index contributed by atoms with van der Waals surface area (Å²) in [6.45, 7) is 0.300. The van der Waals surface area contributed by atoms with Gasteiger partial charge < -0.3 is 9.84 Å². The molecule has 1 N–H and O–H groups in total. The zero-order chi connectivity index (χ0) is 22.7. The molecule has 166 valence electrons. The SMILES string of the molecule is Oc1cc(OCC2=CC=C(Cl)CC2)ccc1-c1cc(C(F)(F)F)n(Cc2ccccc2)n1. The van der Waals surface area contributed by atoms with Gasteiger partial charge in [-0.05, 0) is 48.3 Å². The third kappa shape index (κ3) is 5.16. The highest BCUT2D eigenvalue weighted by Gasteiger charge is 2.36. The van der Waals surface area contributed by atoms with Gasteiger partial charge in [0.05, 0.1) is 12.2 Å². The number of phenolic OH excluding ortho intramolecular Hbond substituents is 1. The quantitative estimate of drug-likeness (QED) is 0.454. The molecule has 2 aromatic carbocycles. The predicted molar refractivity (Wildman–Crippen MR) is 117 cm³/mol. The molecule has 0 unspecified atom stereocenters. The van der Waals surface area contributed by atoms with Crippen LogP contribution in [0.4, 0.5) is 13.2 Å². The van der Waals surface area contributed by atoms with Gasteiger partial charge in [-0.3, -0.25) is 4.68 Å². The highest BCUT2D eigenvalue weighted by atomic mass is 35.5. The van der Waals surface area contributed by atoms with Crippen molar-refractivity contribution in [3.05, 3.63) is 88.6 Å². The zero-order valence-electron chi connectivity index (χ0n) is 16.9. The van der Waals surface area contributed by atoms with E-state index in [1.54, 1.807) is 36.4 Å². The molecule has 0 amide bonds. The molecule has 0 saturated heterocycles. The molecule has 0 atom stereocenters. The van der Waals surface area contributed by atoms with Crippen molar-refractivity contribution < 1.29 is 23.0 Å². The second-order valence-electron chi connectivity index (χ2n) is 7.46. The summed E-state index contributed by atoms with van der Waals surface area (Å²) in [6, 6.07) is 14.2. The number of phenols is 1. The molecule has 3 aromatic rings. The Balaban J connectivity index is 1.56. The van der Waals surface area contributed by atoms with Crippen molar-refractivity contribution in [2.45, 2.75) is 25.6 Å². The van der Waals surface area contributed by atoms with Gasteiger partial charge in [0.1, 0.15) is 23.8 Å². The van der Waals surface area contributed by atoms with Gasteiger partial charge >= 0.3 is 6.18 Å². The van der Waals surface area contributed by atoms with Crippen LogP contribution in [0, 0.1) is 0 Å². The first kappa shape index (κ1) is 22.0. The number of aromatic hydroxyl groups is 1. The number of ether oxygens (including phenoxy) is 1. The Morgan fingerprint density at radius 3 is 2.47 bits per heavy atom. The van der Waals surface area contributed by atoms with Crippen LogP contribution in [0.2, 0.25) is 0 Å². The second kappa shape index (κ2) is 9.12. The summed E-state index contributed by atoms with van der Waals surface area (Å²) in [6.07, 6.45) is 0.697. The molecule has 0 aliphatic heterocycles. The van der Waals surface area contributed by atoms with Gasteiger partial charge in [0, 0.05) is 16.7 Å². The summed E-state index contributed by atoms with van der Waals surface area (Å²) in [5.74, 6) is 0.203. The number of nitrogens with zero attached hydrogens (tertiary/aromatic N) is 2. The van der Waals surface area contributed by atoms with Crippen molar-refractivity contribution in [1.82, 2.24) is 9.78 Å². The molecule has 0 spiro atoms. The van der Waals surface area contributed by atoms with E-state index in [0.717, 1.165) is 34.2 Å². The van der Waals surface area contributed by atoms with Crippen molar-refractivity contribution >= 4 is 11.6 Å². The maximum atomic E-state index is 13.6. The Labute approximate surface area is 188 Å². The average molecular weight is 461 g/mol. The van der Waals surface area contributed by atoms with Gasteiger partial charge in [0.2, 0.25) is 0 Å². The lowest BCUT2D eigenvalue weighted by Gasteiger charge is -2.13. The highest BCUT2D eigenvalue weighted by Crippen LogP contribution is 2.37. The number of halogens is 4. The third-order valence-electron chi connectivity index (χ3n) is 5.10. The lowest BCUT2D eigenvalue weighted by Crippen LogP contribution is -2.15.